The fourth-order valence-corrected chi connectivity index (χ4v) is 2.67. The molecule has 0 aliphatic heterocycles. The molecule has 27 heavy (non-hydrogen) atoms. The third-order valence-corrected chi connectivity index (χ3v) is 4.14. The standard InChI is InChI=1S/C17H19ClF3N3O3/c1-3-4-10(25)5-6-11-9(2)15(26)24(16(11)27)23-13-8-7-12(14(18)22-13)17(19,20)21/h5-8,10,25-27H,3-4H2,1-2H3,(H,22,23). The number of aliphatic hydroxyl groups is 1. The molecule has 10 heteroatoms. The topological polar surface area (TPSA) is 90.5 Å². The molecule has 2 rings (SSSR count). The summed E-state index contributed by atoms with van der Waals surface area (Å²) in [7, 11) is 0. The van der Waals surface area contributed by atoms with E-state index in [2.05, 4.69) is 10.4 Å². The Balaban J connectivity index is 2.33. The predicted molar refractivity (Wildman–Crippen MR) is 95.7 cm³/mol. The van der Waals surface area contributed by atoms with Gasteiger partial charge in [0.1, 0.15) is 11.0 Å². The number of nitrogens with zero attached hydrogens (tertiary/aromatic N) is 2. The van der Waals surface area contributed by atoms with Gasteiger partial charge in [-0.1, -0.05) is 37.1 Å². The Kier molecular flexibility index (Phi) is 6.27. The Morgan fingerprint density at radius 3 is 2.52 bits per heavy atom. The monoisotopic (exact) mass is 405 g/mol. The molecule has 6 nitrogen and oxygen atoms in total. The molecule has 0 saturated carbocycles. The maximum atomic E-state index is 12.7. The number of pyridine rings is 1. The molecule has 2 heterocycles. The maximum absolute atomic E-state index is 12.7. The van der Waals surface area contributed by atoms with Gasteiger partial charge in [0.25, 0.3) is 0 Å². The first-order chi connectivity index (χ1) is 12.6. The van der Waals surface area contributed by atoms with Gasteiger partial charge in [-0.25, -0.2) is 4.98 Å². The van der Waals surface area contributed by atoms with Crippen molar-refractivity contribution in [2.75, 3.05) is 5.43 Å². The quantitative estimate of drug-likeness (QED) is 0.537. The van der Waals surface area contributed by atoms with Crippen molar-refractivity contribution < 1.29 is 28.5 Å². The van der Waals surface area contributed by atoms with Gasteiger partial charge in [0.2, 0.25) is 11.8 Å². The largest absolute Gasteiger partial charge is 0.493 e. The van der Waals surface area contributed by atoms with E-state index >= 15 is 0 Å². The first-order valence-corrected chi connectivity index (χ1v) is 8.44. The number of aliphatic hydroxyl groups excluding tert-OH is 1. The molecular formula is C17H19ClF3N3O3. The van der Waals surface area contributed by atoms with E-state index in [1.165, 1.54) is 19.1 Å². The van der Waals surface area contributed by atoms with Crippen LogP contribution in [0.5, 0.6) is 11.8 Å². The summed E-state index contributed by atoms with van der Waals surface area (Å²) < 4.78 is 39.1. The van der Waals surface area contributed by atoms with Gasteiger partial charge < -0.3 is 15.3 Å². The molecule has 1 atom stereocenters. The van der Waals surface area contributed by atoms with Crippen LogP contribution in [0.3, 0.4) is 0 Å². The summed E-state index contributed by atoms with van der Waals surface area (Å²) in [6.45, 7) is 3.44. The lowest BCUT2D eigenvalue weighted by Crippen LogP contribution is -2.12. The average molecular weight is 406 g/mol. The zero-order valence-electron chi connectivity index (χ0n) is 14.5. The van der Waals surface area contributed by atoms with Gasteiger partial charge in [-0.2, -0.15) is 17.8 Å². The first kappa shape index (κ1) is 20.9. The highest BCUT2D eigenvalue weighted by atomic mass is 35.5. The van der Waals surface area contributed by atoms with E-state index in [9.17, 15) is 28.5 Å². The normalized spacial score (nSPS) is 13.3. The third-order valence-electron chi connectivity index (χ3n) is 3.85. The molecule has 4 N–H and O–H groups in total. The lowest BCUT2D eigenvalue weighted by atomic mass is 10.1. The second kappa shape index (κ2) is 8.10. The Bertz CT molecular complexity index is 850. The minimum atomic E-state index is -4.64. The summed E-state index contributed by atoms with van der Waals surface area (Å²) in [6, 6.07) is 1.76. The third kappa shape index (κ3) is 4.67. The van der Waals surface area contributed by atoms with Gasteiger partial charge in [-0.15, -0.1) is 0 Å². The van der Waals surface area contributed by atoms with Crippen LogP contribution in [-0.2, 0) is 6.18 Å². The highest BCUT2D eigenvalue weighted by Crippen LogP contribution is 2.36. The number of hydrogen-bond acceptors (Lipinski definition) is 5. The van der Waals surface area contributed by atoms with Crippen LogP contribution in [-0.4, -0.2) is 31.1 Å². The Labute approximate surface area is 158 Å². The van der Waals surface area contributed by atoms with E-state index in [4.69, 9.17) is 11.6 Å². The zero-order chi connectivity index (χ0) is 20.4. The molecule has 2 aromatic heterocycles. The number of aromatic hydroxyl groups is 2. The van der Waals surface area contributed by atoms with Crippen LogP contribution in [0.4, 0.5) is 19.0 Å². The van der Waals surface area contributed by atoms with Gasteiger partial charge >= 0.3 is 6.18 Å². The Morgan fingerprint density at radius 1 is 1.30 bits per heavy atom. The smallest absolute Gasteiger partial charge is 0.419 e. The van der Waals surface area contributed by atoms with Crippen molar-refractivity contribution in [3.8, 4) is 11.8 Å². The number of nitrogens with one attached hydrogen (secondary N) is 1. The molecule has 0 amide bonds. The summed E-state index contributed by atoms with van der Waals surface area (Å²) in [5.74, 6) is -0.882. The van der Waals surface area contributed by atoms with Crippen molar-refractivity contribution in [2.45, 2.75) is 39.0 Å². The number of halogens is 4. The second-order valence-electron chi connectivity index (χ2n) is 5.88. The van der Waals surface area contributed by atoms with Gasteiger partial charge in [-0.05, 0) is 25.5 Å². The zero-order valence-corrected chi connectivity index (χ0v) is 15.3. The summed E-state index contributed by atoms with van der Waals surface area (Å²) in [4.78, 5) is 3.59. The number of hydrogen-bond donors (Lipinski definition) is 4. The van der Waals surface area contributed by atoms with Crippen LogP contribution in [0.2, 0.25) is 5.15 Å². The molecule has 0 saturated heterocycles. The van der Waals surface area contributed by atoms with Crippen LogP contribution < -0.4 is 5.43 Å². The minimum Gasteiger partial charge on any atom is -0.493 e. The van der Waals surface area contributed by atoms with Crippen LogP contribution in [0.15, 0.2) is 18.2 Å². The molecule has 0 aliphatic carbocycles. The maximum Gasteiger partial charge on any atom is 0.419 e. The Morgan fingerprint density at radius 2 is 1.96 bits per heavy atom. The lowest BCUT2D eigenvalue weighted by Gasteiger charge is -2.12. The molecule has 0 aliphatic rings. The summed E-state index contributed by atoms with van der Waals surface area (Å²) in [5.41, 5.74) is 1.94. The number of rotatable bonds is 6. The molecule has 148 valence electrons. The van der Waals surface area contributed by atoms with E-state index in [0.717, 1.165) is 23.2 Å². The second-order valence-corrected chi connectivity index (χ2v) is 6.24. The molecule has 0 fully saturated rings. The van der Waals surface area contributed by atoms with E-state index < -0.39 is 28.9 Å². The predicted octanol–water partition coefficient (Wildman–Crippen LogP) is 4.32. The molecule has 0 aromatic carbocycles. The van der Waals surface area contributed by atoms with Gasteiger partial charge in [-0.3, -0.25) is 5.43 Å². The van der Waals surface area contributed by atoms with E-state index in [1.54, 1.807) is 0 Å². The Hall–Kier alpha value is -2.39. The highest BCUT2D eigenvalue weighted by molar-refractivity contribution is 6.30. The van der Waals surface area contributed by atoms with Crippen molar-refractivity contribution in [3.05, 3.63) is 40.1 Å². The van der Waals surface area contributed by atoms with Gasteiger partial charge in [0, 0.05) is 11.1 Å². The molecule has 0 bridgehead atoms. The highest BCUT2D eigenvalue weighted by Gasteiger charge is 2.34. The van der Waals surface area contributed by atoms with Crippen LogP contribution in [0, 0.1) is 6.92 Å². The molecule has 0 radical (unpaired) electrons. The van der Waals surface area contributed by atoms with E-state index in [1.807, 2.05) is 6.92 Å². The van der Waals surface area contributed by atoms with Crippen molar-refractivity contribution in [1.82, 2.24) is 9.66 Å². The molecule has 2 aromatic rings. The summed E-state index contributed by atoms with van der Waals surface area (Å²) >= 11 is 5.57. The van der Waals surface area contributed by atoms with Gasteiger partial charge in [0.05, 0.1) is 11.7 Å². The van der Waals surface area contributed by atoms with Crippen molar-refractivity contribution in [1.29, 1.82) is 0 Å². The first-order valence-electron chi connectivity index (χ1n) is 8.06. The fraction of sp³-hybridized carbons (Fsp3) is 0.353. The van der Waals surface area contributed by atoms with E-state index in [0.29, 0.717) is 12.0 Å². The number of alkyl halides is 3. The minimum absolute atomic E-state index is 0.116. The van der Waals surface area contributed by atoms with Gasteiger partial charge in [0.15, 0.2) is 0 Å². The lowest BCUT2D eigenvalue weighted by molar-refractivity contribution is -0.137. The van der Waals surface area contributed by atoms with Crippen LogP contribution >= 0.6 is 11.6 Å². The van der Waals surface area contributed by atoms with E-state index in [-0.39, 0.29) is 17.3 Å². The van der Waals surface area contributed by atoms with Crippen molar-refractivity contribution in [3.63, 3.8) is 0 Å². The van der Waals surface area contributed by atoms with Crippen molar-refractivity contribution in [2.24, 2.45) is 0 Å². The average Bonchev–Trinajstić information content (AvgIpc) is 2.76. The van der Waals surface area contributed by atoms with Crippen molar-refractivity contribution >= 4 is 23.5 Å². The summed E-state index contributed by atoms with van der Waals surface area (Å²) in [5, 5.41) is 29.5. The van der Waals surface area contributed by atoms with Crippen LogP contribution in [0.1, 0.15) is 36.5 Å². The number of aromatic nitrogens is 2. The molecule has 0 spiro atoms. The SMILES string of the molecule is CCCC(O)C=Cc1c(C)c(O)n(Nc2ccc(C(F)(F)F)c(Cl)n2)c1O. The fourth-order valence-electron chi connectivity index (χ4n) is 2.40. The molecule has 1 unspecified atom stereocenters. The number of anilines is 1. The van der Waals surface area contributed by atoms with Crippen LogP contribution in [0.25, 0.3) is 6.08 Å². The molecular weight excluding hydrogens is 387 g/mol. The summed E-state index contributed by atoms with van der Waals surface area (Å²) in [6.07, 6.45) is -1.12.